The fourth-order valence-electron chi connectivity index (χ4n) is 4.52. The van der Waals surface area contributed by atoms with Crippen molar-refractivity contribution in [2.45, 2.75) is 72.8 Å². The first-order chi connectivity index (χ1) is 18.1. The van der Waals surface area contributed by atoms with Crippen LogP contribution in [-0.2, 0) is 6.61 Å². The Morgan fingerprint density at radius 3 is 2.47 bits per heavy atom. The van der Waals surface area contributed by atoms with Crippen molar-refractivity contribution in [3.8, 4) is 22.8 Å². The maximum Gasteiger partial charge on any atom is 0.261 e. The Hall–Kier alpha value is -3.94. The zero-order valence-corrected chi connectivity index (χ0v) is 22.7. The molecule has 0 N–H and O–H groups in total. The molecule has 1 aliphatic rings. The van der Waals surface area contributed by atoms with Crippen LogP contribution in [-0.4, -0.2) is 24.5 Å². The van der Waals surface area contributed by atoms with E-state index in [1.165, 1.54) is 6.07 Å². The van der Waals surface area contributed by atoms with Crippen molar-refractivity contribution in [1.82, 2.24) is 24.5 Å². The lowest BCUT2D eigenvalue weighted by atomic mass is 10.1. The third-order valence-corrected chi connectivity index (χ3v) is 6.93. The Kier molecular flexibility index (Phi) is 6.82. The molecule has 0 atom stereocenters. The van der Waals surface area contributed by atoms with Gasteiger partial charge in [-0.3, -0.25) is 19.3 Å². The molecule has 0 spiro atoms. The Bertz CT molecular complexity index is 1590. The van der Waals surface area contributed by atoms with Gasteiger partial charge in [0.2, 0.25) is 0 Å². The van der Waals surface area contributed by atoms with Crippen LogP contribution in [0, 0.1) is 33.5 Å². The zero-order valence-electron chi connectivity index (χ0n) is 22.7. The molecule has 5 rings (SSSR count). The van der Waals surface area contributed by atoms with Gasteiger partial charge in [-0.1, -0.05) is 13.8 Å². The number of halogens is 1. The van der Waals surface area contributed by atoms with E-state index in [4.69, 9.17) is 14.7 Å². The summed E-state index contributed by atoms with van der Waals surface area (Å²) in [6.07, 6.45) is 7.57. The molecule has 4 heterocycles. The average molecular weight is 514 g/mol. The number of aromatic nitrogens is 5. The number of rotatable bonds is 7. The lowest BCUT2D eigenvalue weighted by molar-refractivity contribution is 0.291. The van der Waals surface area contributed by atoms with E-state index in [1.54, 1.807) is 36.9 Å². The molecule has 0 bridgehead atoms. The topological polar surface area (TPSA) is 82.8 Å². The second-order valence-corrected chi connectivity index (χ2v) is 10.5. The van der Waals surface area contributed by atoms with Gasteiger partial charge in [-0.05, 0) is 69.7 Å². The van der Waals surface area contributed by atoms with Gasteiger partial charge in [0, 0.05) is 41.8 Å². The van der Waals surface area contributed by atoms with E-state index in [2.05, 4.69) is 23.8 Å². The van der Waals surface area contributed by atoms with Gasteiger partial charge in [0.1, 0.15) is 29.7 Å². The monoisotopic (exact) mass is 513 g/mol. The number of aryl methyl sites for hydroxylation is 3. The van der Waals surface area contributed by atoms with Gasteiger partial charge in [0.05, 0.1) is 22.6 Å². The lowest BCUT2D eigenvalue weighted by Gasteiger charge is -2.18. The molecule has 0 aliphatic heterocycles. The van der Waals surface area contributed by atoms with Gasteiger partial charge >= 0.3 is 0 Å². The first kappa shape index (κ1) is 25.7. The minimum atomic E-state index is -0.427. The Labute approximate surface area is 221 Å². The van der Waals surface area contributed by atoms with Gasteiger partial charge in [-0.2, -0.15) is 0 Å². The third kappa shape index (κ3) is 4.95. The summed E-state index contributed by atoms with van der Waals surface area (Å²) < 4.78 is 21.8. The number of hydrogen-bond donors (Lipinski definition) is 0. The van der Waals surface area contributed by atoms with Crippen LogP contribution >= 0.6 is 0 Å². The minimum Gasteiger partial charge on any atom is -0.487 e. The second kappa shape index (κ2) is 10.1. The lowest BCUT2D eigenvalue weighted by Crippen LogP contribution is -2.24. The molecule has 4 aromatic heterocycles. The first-order valence-corrected chi connectivity index (χ1v) is 12.9. The smallest absolute Gasteiger partial charge is 0.261 e. The molecular weight excluding hydrogens is 481 g/mol. The van der Waals surface area contributed by atoms with Gasteiger partial charge in [0.25, 0.3) is 5.56 Å². The van der Waals surface area contributed by atoms with Gasteiger partial charge in [-0.25, -0.2) is 14.4 Å². The van der Waals surface area contributed by atoms with E-state index in [1.807, 2.05) is 26.1 Å². The predicted octanol–water partition coefficient (Wildman–Crippen LogP) is 6.04. The van der Waals surface area contributed by atoms with Crippen molar-refractivity contribution in [2.24, 2.45) is 0 Å². The molecule has 0 radical (unpaired) electrons. The standard InChI is InChI=1S/C30H32FN5O2/c1-16(2)29-34-14-22(21-7-8-21)28(35-29)24-11-26(18(4)13-33-24)36-19(5)10-27(20(6)30(36)37)38-15-25-23(31)9-17(3)12-32-25/h9-14,16,21H,7-8,15H2,1-6H3. The van der Waals surface area contributed by atoms with Gasteiger partial charge < -0.3 is 4.74 Å². The number of nitrogens with zero attached hydrogens (tertiary/aromatic N) is 5. The quantitative estimate of drug-likeness (QED) is 0.300. The van der Waals surface area contributed by atoms with E-state index in [0.717, 1.165) is 52.4 Å². The van der Waals surface area contributed by atoms with Crippen molar-refractivity contribution in [2.75, 3.05) is 0 Å². The summed E-state index contributed by atoms with van der Waals surface area (Å²) >= 11 is 0. The Balaban J connectivity index is 1.54. The molecule has 4 aromatic rings. The van der Waals surface area contributed by atoms with E-state index in [0.29, 0.717) is 22.9 Å². The van der Waals surface area contributed by atoms with Crippen LogP contribution in [0.2, 0.25) is 0 Å². The van der Waals surface area contributed by atoms with Crippen LogP contribution in [0.1, 0.15) is 78.0 Å². The number of hydrogen-bond acceptors (Lipinski definition) is 6. The highest BCUT2D eigenvalue weighted by molar-refractivity contribution is 5.64. The third-order valence-electron chi connectivity index (χ3n) is 6.93. The largest absolute Gasteiger partial charge is 0.487 e. The summed E-state index contributed by atoms with van der Waals surface area (Å²) in [5, 5.41) is 0. The fraction of sp³-hybridized carbons (Fsp3) is 0.367. The van der Waals surface area contributed by atoms with E-state index >= 15 is 0 Å². The number of pyridine rings is 3. The predicted molar refractivity (Wildman–Crippen MR) is 144 cm³/mol. The maximum absolute atomic E-state index is 14.2. The molecule has 7 nitrogen and oxygen atoms in total. The molecule has 8 heteroatoms. The normalized spacial score (nSPS) is 13.3. The molecule has 1 aliphatic carbocycles. The highest BCUT2D eigenvalue weighted by Gasteiger charge is 2.29. The summed E-state index contributed by atoms with van der Waals surface area (Å²) in [6.45, 7) is 11.4. The van der Waals surface area contributed by atoms with Crippen LogP contribution in [0.3, 0.4) is 0 Å². The van der Waals surface area contributed by atoms with Crippen molar-refractivity contribution in [3.05, 3.63) is 92.4 Å². The van der Waals surface area contributed by atoms with Crippen LogP contribution < -0.4 is 10.3 Å². The first-order valence-electron chi connectivity index (χ1n) is 12.9. The molecule has 0 unspecified atom stereocenters. The summed E-state index contributed by atoms with van der Waals surface area (Å²) in [4.78, 5) is 31.9. The molecule has 0 saturated heterocycles. The highest BCUT2D eigenvalue weighted by Crippen LogP contribution is 2.43. The van der Waals surface area contributed by atoms with Crippen LogP contribution in [0.4, 0.5) is 4.39 Å². The number of ether oxygens (including phenoxy) is 1. The Morgan fingerprint density at radius 2 is 1.79 bits per heavy atom. The van der Waals surface area contributed by atoms with Crippen molar-refractivity contribution >= 4 is 0 Å². The van der Waals surface area contributed by atoms with Gasteiger partial charge in [-0.15, -0.1) is 0 Å². The van der Waals surface area contributed by atoms with Crippen LogP contribution in [0.15, 0.2) is 41.6 Å². The molecule has 1 saturated carbocycles. The minimum absolute atomic E-state index is 0.0654. The molecule has 1 fully saturated rings. The maximum atomic E-state index is 14.2. The molecular formula is C30H32FN5O2. The summed E-state index contributed by atoms with van der Waals surface area (Å²) in [7, 11) is 0. The molecule has 38 heavy (non-hydrogen) atoms. The van der Waals surface area contributed by atoms with Gasteiger partial charge in [0.15, 0.2) is 0 Å². The fourth-order valence-corrected chi connectivity index (χ4v) is 4.52. The average Bonchev–Trinajstić information content (AvgIpc) is 3.72. The molecule has 196 valence electrons. The van der Waals surface area contributed by atoms with Crippen molar-refractivity contribution < 1.29 is 9.13 Å². The SMILES string of the molecule is Cc1cnc(COc2cc(C)n(-c3cc(-c4nc(C(C)C)ncc4C4CC4)ncc3C)c(=O)c2C)c(F)c1. The Morgan fingerprint density at radius 1 is 1.03 bits per heavy atom. The molecule has 0 aromatic carbocycles. The summed E-state index contributed by atoms with van der Waals surface area (Å²) in [5.74, 6) is 1.40. The highest BCUT2D eigenvalue weighted by atomic mass is 19.1. The van der Waals surface area contributed by atoms with Crippen LogP contribution in [0.25, 0.3) is 17.1 Å². The molecule has 0 amide bonds. The van der Waals surface area contributed by atoms with Crippen molar-refractivity contribution in [1.29, 1.82) is 0 Å². The zero-order chi connectivity index (χ0) is 27.1. The summed E-state index contributed by atoms with van der Waals surface area (Å²) in [6, 6.07) is 5.16. The van der Waals surface area contributed by atoms with E-state index in [-0.39, 0.29) is 23.8 Å². The summed E-state index contributed by atoms with van der Waals surface area (Å²) in [5.41, 5.74) is 6.13. The van der Waals surface area contributed by atoms with Crippen molar-refractivity contribution in [3.63, 3.8) is 0 Å². The van der Waals surface area contributed by atoms with E-state index < -0.39 is 5.82 Å². The van der Waals surface area contributed by atoms with E-state index in [9.17, 15) is 9.18 Å². The second-order valence-electron chi connectivity index (χ2n) is 10.5. The van der Waals surface area contributed by atoms with Crippen LogP contribution in [0.5, 0.6) is 5.75 Å².